The van der Waals surface area contributed by atoms with Gasteiger partial charge in [0.05, 0.1) is 12.0 Å². The molecule has 0 aliphatic heterocycles. The summed E-state index contributed by atoms with van der Waals surface area (Å²) in [5, 5.41) is 11.8. The number of aryl methyl sites for hydroxylation is 1. The van der Waals surface area contributed by atoms with Crippen LogP contribution >= 0.6 is 0 Å². The van der Waals surface area contributed by atoms with Gasteiger partial charge in [0.1, 0.15) is 5.54 Å². The van der Waals surface area contributed by atoms with E-state index in [0.717, 1.165) is 24.8 Å². The van der Waals surface area contributed by atoms with E-state index >= 15 is 0 Å². The molecule has 1 aromatic rings. The Hall–Kier alpha value is -1.82. The lowest BCUT2D eigenvalue weighted by Gasteiger charge is -2.27. The molecule has 0 aromatic heterocycles. The Labute approximate surface area is 108 Å². The van der Waals surface area contributed by atoms with Gasteiger partial charge in [0.2, 0.25) is 5.91 Å². The standard InChI is InChI=1S/C15H18N2O/c1-15(2,10-16)17-14(18)13-9-5-7-11-6-3-4-8-12(11)13/h3-4,6,8,13H,5,7,9H2,1-2H3,(H,17,18). The van der Waals surface area contributed by atoms with Crippen molar-refractivity contribution in [3.63, 3.8) is 0 Å². The van der Waals surface area contributed by atoms with Gasteiger partial charge in [0, 0.05) is 0 Å². The van der Waals surface area contributed by atoms with E-state index in [9.17, 15) is 4.79 Å². The molecule has 1 amide bonds. The third-order valence-corrected chi connectivity index (χ3v) is 3.40. The number of benzene rings is 1. The van der Waals surface area contributed by atoms with Crippen molar-refractivity contribution < 1.29 is 4.79 Å². The van der Waals surface area contributed by atoms with Crippen LogP contribution in [0.3, 0.4) is 0 Å². The third-order valence-electron chi connectivity index (χ3n) is 3.40. The summed E-state index contributed by atoms with van der Waals surface area (Å²) in [6.45, 7) is 3.44. The number of nitrogens with one attached hydrogen (secondary N) is 1. The fourth-order valence-electron chi connectivity index (χ4n) is 2.45. The van der Waals surface area contributed by atoms with Crippen molar-refractivity contribution in [3.8, 4) is 6.07 Å². The van der Waals surface area contributed by atoms with Crippen LogP contribution in [0.2, 0.25) is 0 Å². The molecular weight excluding hydrogens is 224 g/mol. The van der Waals surface area contributed by atoms with Gasteiger partial charge in [-0.15, -0.1) is 0 Å². The van der Waals surface area contributed by atoms with Gasteiger partial charge in [0.15, 0.2) is 0 Å². The van der Waals surface area contributed by atoms with Gasteiger partial charge >= 0.3 is 0 Å². The monoisotopic (exact) mass is 242 g/mol. The minimum Gasteiger partial charge on any atom is -0.338 e. The van der Waals surface area contributed by atoms with Gasteiger partial charge in [-0.2, -0.15) is 5.26 Å². The molecule has 0 saturated carbocycles. The first-order valence-electron chi connectivity index (χ1n) is 6.34. The van der Waals surface area contributed by atoms with E-state index in [0.29, 0.717) is 0 Å². The van der Waals surface area contributed by atoms with Crippen molar-refractivity contribution in [1.29, 1.82) is 5.26 Å². The highest BCUT2D eigenvalue weighted by molar-refractivity contribution is 5.85. The number of carbonyl (C=O) groups is 1. The summed E-state index contributed by atoms with van der Waals surface area (Å²) in [4.78, 5) is 12.3. The summed E-state index contributed by atoms with van der Waals surface area (Å²) in [7, 11) is 0. The molecule has 1 atom stereocenters. The lowest BCUT2D eigenvalue weighted by Crippen LogP contribution is -2.45. The molecule has 0 heterocycles. The number of carbonyl (C=O) groups excluding carboxylic acids is 1. The average molecular weight is 242 g/mol. The van der Waals surface area contributed by atoms with Crippen LogP contribution in [0.25, 0.3) is 0 Å². The number of rotatable bonds is 2. The lowest BCUT2D eigenvalue weighted by molar-refractivity contribution is -0.123. The summed E-state index contributed by atoms with van der Waals surface area (Å²) >= 11 is 0. The third kappa shape index (κ3) is 2.53. The zero-order valence-corrected chi connectivity index (χ0v) is 10.9. The van der Waals surface area contributed by atoms with Crippen molar-refractivity contribution in [2.24, 2.45) is 0 Å². The van der Waals surface area contributed by atoms with E-state index in [1.165, 1.54) is 5.56 Å². The van der Waals surface area contributed by atoms with Crippen molar-refractivity contribution in [2.75, 3.05) is 0 Å². The van der Waals surface area contributed by atoms with Crippen LogP contribution in [0.4, 0.5) is 0 Å². The minimum atomic E-state index is -0.802. The van der Waals surface area contributed by atoms with E-state index in [4.69, 9.17) is 5.26 Å². The highest BCUT2D eigenvalue weighted by Crippen LogP contribution is 2.31. The number of nitriles is 1. The normalized spacial score (nSPS) is 18.6. The van der Waals surface area contributed by atoms with Crippen LogP contribution in [0, 0.1) is 11.3 Å². The van der Waals surface area contributed by atoms with Crippen molar-refractivity contribution in [1.82, 2.24) is 5.32 Å². The molecular formula is C15H18N2O. The SMILES string of the molecule is CC(C)(C#N)NC(=O)C1CCCc2ccccc21. The van der Waals surface area contributed by atoms with Crippen LogP contribution in [0.5, 0.6) is 0 Å². The Kier molecular flexibility index (Phi) is 3.38. The first-order chi connectivity index (χ1) is 8.53. The number of fused-ring (bicyclic) bond motifs is 1. The summed E-state index contributed by atoms with van der Waals surface area (Å²) in [6.07, 6.45) is 2.94. The maximum absolute atomic E-state index is 12.3. The second-order valence-corrected chi connectivity index (χ2v) is 5.37. The second-order valence-electron chi connectivity index (χ2n) is 5.37. The summed E-state index contributed by atoms with van der Waals surface area (Å²) in [5.74, 6) is -0.142. The molecule has 2 rings (SSSR count). The van der Waals surface area contributed by atoms with Gasteiger partial charge < -0.3 is 5.32 Å². The van der Waals surface area contributed by atoms with Gasteiger partial charge in [-0.1, -0.05) is 24.3 Å². The number of hydrogen-bond acceptors (Lipinski definition) is 2. The molecule has 3 nitrogen and oxygen atoms in total. The number of nitrogens with zero attached hydrogens (tertiary/aromatic N) is 1. The molecule has 1 unspecified atom stereocenters. The van der Waals surface area contributed by atoms with Crippen LogP contribution < -0.4 is 5.32 Å². The fraction of sp³-hybridized carbons (Fsp3) is 0.467. The second kappa shape index (κ2) is 4.81. The molecule has 1 N–H and O–H groups in total. The van der Waals surface area contributed by atoms with Crippen LogP contribution in [0.15, 0.2) is 24.3 Å². The van der Waals surface area contributed by atoms with Crippen LogP contribution in [-0.4, -0.2) is 11.4 Å². The van der Waals surface area contributed by atoms with Crippen LogP contribution in [0.1, 0.15) is 43.7 Å². The topological polar surface area (TPSA) is 52.9 Å². The van der Waals surface area contributed by atoms with Crippen molar-refractivity contribution >= 4 is 5.91 Å². The van der Waals surface area contributed by atoms with Gasteiger partial charge in [0.25, 0.3) is 0 Å². The predicted molar refractivity (Wildman–Crippen MR) is 70.0 cm³/mol. The van der Waals surface area contributed by atoms with E-state index < -0.39 is 5.54 Å². The summed E-state index contributed by atoms with van der Waals surface area (Å²) in [6, 6.07) is 10.2. The zero-order valence-electron chi connectivity index (χ0n) is 10.9. The first kappa shape index (κ1) is 12.6. The molecule has 1 aromatic carbocycles. The molecule has 0 saturated heterocycles. The number of hydrogen-bond donors (Lipinski definition) is 1. The Morgan fingerprint density at radius 2 is 2.17 bits per heavy atom. The van der Waals surface area contributed by atoms with Gasteiger partial charge in [-0.05, 0) is 44.2 Å². The smallest absolute Gasteiger partial charge is 0.228 e. The lowest BCUT2D eigenvalue weighted by atomic mass is 9.82. The Bertz CT molecular complexity index is 499. The Balaban J connectivity index is 2.21. The Morgan fingerprint density at radius 3 is 2.89 bits per heavy atom. The Morgan fingerprint density at radius 1 is 1.44 bits per heavy atom. The maximum atomic E-state index is 12.3. The van der Waals surface area contributed by atoms with E-state index in [1.807, 2.05) is 18.2 Å². The predicted octanol–water partition coefficient (Wildman–Crippen LogP) is 2.52. The highest BCUT2D eigenvalue weighted by atomic mass is 16.2. The van der Waals surface area contributed by atoms with E-state index in [2.05, 4.69) is 17.5 Å². The van der Waals surface area contributed by atoms with Crippen molar-refractivity contribution in [3.05, 3.63) is 35.4 Å². The van der Waals surface area contributed by atoms with Crippen LogP contribution in [-0.2, 0) is 11.2 Å². The molecule has 0 fully saturated rings. The maximum Gasteiger partial charge on any atom is 0.228 e. The molecule has 18 heavy (non-hydrogen) atoms. The highest BCUT2D eigenvalue weighted by Gasteiger charge is 2.29. The molecule has 94 valence electrons. The molecule has 1 aliphatic carbocycles. The number of amides is 1. The molecule has 0 bridgehead atoms. The summed E-state index contributed by atoms with van der Waals surface area (Å²) in [5.41, 5.74) is 1.58. The molecule has 0 spiro atoms. The average Bonchev–Trinajstić information content (AvgIpc) is 2.37. The zero-order chi connectivity index (χ0) is 13.2. The molecule has 1 aliphatic rings. The van der Waals surface area contributed by atoms with Gasteiger partial charge in [-0.3, -0.25) is 4.79 Å². The van der Waals surface area contributed by atoms with E-state index in [1.54, 1.807) is 13.8 Å². The quantitative estimate of drug-likeness (QED) is 0.866. The molecule has 0 radical (unpaired) electrons. The minimum absolute atomic E-state index is 0.0336. The van der Waals surface area contributed by atoms with Crippen molar-refractivity contribution in [2.45, 2.75) is 44.6 Å². The largest absolute Gasteiger partial charge is 0.338 e. The molecule has 3 heteroatoms. The summed E-state index contributed by atoms with van der Waals surface area (Å²) < 4.78 is 0. The fourth-order valence-corrected chi connectivity index (χ4v) is 2.45. The van der Waals surface area contributed by atoms with Gasteiger partial charge in [-0.25, -0.2) is 0 Å². The van der Waals surface area contributed by atoms with E-state index in [-0.39, 0.29) is 11.8 Å². The first-order valence-corrected chi connectivity index (χ1v) is 6.34.